The molecule has 0 amide bonds. The van der Waals surface area contributed by atoms with Crippen LogP contribution in [0, 0.1) is 0 Å². The molecule has 0 atom stereocenters. The van der Waals surface area contributed by atoms with Crippen LogP contribution >= 0.6 is 24.0 Å². The standard InChI is InChI=1S/C26H35N5O2.HI/c1-4-32-23-12-11-21(19-24(23)33-5-2)13-15-29-26(27-3)30-16-14-25-28-17-18-31(25)20-22-9-7-6-8-10-22;/h6-12,17-19H,4-5,13-16,20H2,1-3H3,(H2,27,29,30);1H. The van der Waals surface area contributed by atoms with E-state index in [1.54, 1.807) is 7.05 Å². The van der Waals surface area contributed by atoms with Crippen LogP contribution in [0.2, 0.25) is 0 Å². The molecule has 3 aromatic rings. The Labute approximate surface area is 220 Å². The Morgan fingerprint density at radius 1 is 0.912 bits per heavy atom. The quantitative estimate of drug-likeness (QED) is 0.191. The van der Waals surface area contributed by atoms with E-state index in [0.29, 0.717) is 13.2 Å². The first-order valence-corrected chi connectivity index (χ1v) is 11.6. The largest absolute Gasteiger partial charge is 0.490 e. The van der Waals surface area contributed by atoms with Gasteiger partial charge in [0.1, 0.15) is 5.82 Å². The molecule has 0 radical (unpaired) electrons. The number of ether oxygens (including phenoxy) is 2. The van der Waals surface area contributed by atoms with E-state index in [9.17, 15) is 0 Å². The highest BCUT2D eigenvalue weighted by molar-refractivity contribution is 14.0. The summed E-state index contributed by atoms with van der Waals surface area (Å²) in [6.45, 7) is 7.54. The van der Waals surface area contributed by atoms with Crippen LogP contribution in [0.5, 0.6) is 11.5 Å². The second-order valence-electron chi connectivity index (χ2n) is 7.53. The van der Waals surface area contributed by atoms with Gasteiger partial charge in [-0.05, 0) is 43.5 Å². The molecule has 0 saturated carbocycles. The van der Waals surface area contributed by atoms with Gasteiger partial charge in [0.2, 0.25) is 0 Å². The fraction of sp³-hybridized carbons (Fsp3) is 0.385. The topological polar surface area (TPSA) is 72.7 Å². The van der Waals surface area contributed by atoms with E-state index in [4.69, 9.17) is 9.47 Å². The second-order valence-corrected chi connectivity index (χ2v) is 7.53. The maximum Gasteiger partial charge on any atom is 0.191 e. The molecular formula is C26H36IN5O2. The fourth-order valence-electron chi connectivity index (χ4n) is 3.58. The molecule has 8 heteroatoms. The minimum atomic E-state index is 0. The average Bonchev–Trinajstić information content (AvgIpc) is 3.27. The van der Waals surface area contributed by atoms with Crippen molar-refractivity contribution in [3.05, 3.63) is 77.9 Å². The van der Waals surface area contributed by atoms with E-state index >= 15 is 0 Å². The zero-order valence-electron chi connectivity index (χ0n) is 20.3. The highest BCUT2D eigenvalue weighted by atomic mass is 127. The number of imidazole rings is 1. The zero-order chi connectivity index (χ0) is 23.3. The van der Waals surface area contributed by atoms with Gasteiger partial charge in [0.15, 0.2) is 17.5 Å². The lowest BCUT2D eigenvalue weighted by atomic mass is 10.1. The number of aliphatic imine (C=N–C) groups is 1. The zero-order valence-corrected chi connectivity index (χ0v) is 22.6. The van der Waals surface area contributed by atoms with Gasteiger partial charge < -0.3 is 24.7 Å². The average molecular weight is 578 g/mol. The maximum absolute atomic E-state index is 5.72. The first-order chi connectivity index (χ1) is 16.2. The van der Waals surface area contributed by atoms with E-state index < -0.39 is 0 Å². The third-order valence-electron chi connectivity index (χ3n) is 5.18. The Kier molecular flexibility index (Phi) is 12.3. The third-order valence-corrected chi connectivity index (χ3v) is 5.18. The number of aromatic nitrogens is 2. The molecule has 0 aliphatic heterocycles. The molecule has 2 aromatic carbocycles. The van der Waals surface area contributed by atoms with Crippen molar-refractivity contribution in [1.29, 1.82) is 0 Å². The van der Waals surface area contributed by atoms with Crippen molar-refractivity contribution in [2.45, 2.75) is 33.2 Å². The summed E-state index contributed by atoms with van der Waals surface area (Å²) in [5.74, 6) is 3.43. The van der Waals surface area contributed by atoms with Crippen LogP contribution in [0.15, 0.2) is 65.9 Å². The maximum atomic E-state index is 5.72. The molecule has 34 heavy (non-hydrogen) atoms. The van der Waals surface area contributed by atoms with Crippen molar-refractivity contribution in [3.8, 4) is 11.5 Å². The van der Waals surface area contributed by atoms with E-state index in [2.05, 4.69) is 61.6 Å². The number of hydrogen-bond acceptors (Lipinski definition) is 4. The molecule has 0 saturated heterocycles. The molecule has 3 rings (SSSR count). The Morgan fingerprint density at radius 2 is 1.62 bits per heavy atom. The first-order valence-electron chi connectivity index (χ1n) is 11.6. The molecule has 0 spiro atoms. The molecule has 7 nitrogen and oxygen atoms in total. The van der Waals surface area contributed by atoms with Crippen molar-refractivity contribution >= 4 is 29.9 Å². The van der Waals surface area contributed by atoms with Crippen LogP contribution in [0.25, 0.3) is 0 Å². The molecular weight excluding hydrogens is 541 g/mol. The van der Waals surface area contributed by atoms with Gasteiger partial charge in [-0.25, -0.2) is 4.98 Å². The molecule has 0 fully saturated rings. The number of guanidine groups is 1. The van der Waals surface area contributed by atoms with Crippen molar-refractivity contribution < 1.29 is 9.47 Å². The number of benzene rings is 2. The van der Waals surface area contributed by atoms with Gasteiger partial charge in [-0.15, -0.1) is 24.0 Å². The highest BCUT2D eigenvalue weighted by Crippen LogP contribution is 2.28. The van der Waals surface area contributed by atoms with Crippen molar-refractivity contribution in [2.24, 2.45) is 4.99 Å². The summed E-state index contributed by atoms with van der Waals surface area (Å²) in [6, 6.07) is 16.5. The van der Waals surface area contributed by atoms with Crippen LogP contribution in [0.3, 0.4) is 0 Å². The first kappa shape index (κ1) is 27.5. The predicted octanol–water partition coefficient (Wildman–Crippen LogP) is 4.30. The van der Waals surface area contributed by atoms with Gasteiger partial charge in [-0.1, -0.05) is 36.4 Å². The summed E-state index contributed by atoms with van der Waals surface area (Å²) in [4.78, 5) is 8.86. The fourth-order valence-corrected chi connectivity index (χ4v) is 3.58. The SMILES string of the molecule is CCOc1ccc(CCNC(=NC)NCCc2nccn2Cc2ccccc2)cc1OCC.I. The Bertz CT molecular complexity index is 1010. The lowest BCUT2D eigenvalue weighted by Crippen LogP contribution is -2.39. The summed E-state index contributed by atoms with van der Waals surface area (Å²) in [5.41, 5.74) is 2.46. The molecule has 0 unspecified atom stereocenters. The van der Waals surface area contributed by atoms with Crippen molar-refractivity contribution in [3.63, 3.8) is 0 Å². The van der Waals surface area contributed by atoms with Gasteiger partial charge in [0.25, 0.3) is 0 Å². The van der Waals surface area contributed by atoms with E-state index in [1.165, 1.54) is 11.1 Å². The van der Waals surface area contributed by atoms with Crippen molar-refractivity contribution in [1.82, 2.24) is 20.2 Å². The van der Waals surface area contributed by atoms with Crippen molar-refractivity contribution in [2.75, 3.05) is 33.4 Å². The lowest BCUT2D eigenvalue weighted by molar-refractivity contribution is 0.287. The summed E-state index contributed by atoms with van der Waals surface area (Å²) >= 11 is 0. The molecule has 0 aliphatic carbocycles. The minimum absolute atomic E-state index is 0. The van der Waals surface area contributed by atoms with Crippen LogP contribution < -0.4 is 20.1 Å². The van der Waals surface area contributed by atoms with Gasteiger partial charge in [0, 0.05) is 45.5 Å². The summed E-state index contributed by atoms with van der Waals surface area (Å²) in [6.07, 6.45) is 5.56. The monoisotopic (exact) mass is 577 g/mol. The van der Waals surface area contributed by atoms with E-state index in [0.717, 1.165) is 55.8 Å². The summed E-state index contributed by atoms with van der Waals surface area (Å²) in [7, 11) is 1.79. The van der Waals surface area contributed by atoms with Crippen LogP contribution in [-0.2, 0) is 19.4 Å². The van der Waals surface area contributed by atoms with Gasteiger partial charge in [-0.3, -0.25) is 4.99 Å². The summed E-state index contributed by atoms with van der Waals surface area (Å²) < 4.78 is 13.6. The van der Waals surface area contributed by atoms with Crippen LogP contribution in [-0.4, -0.2) is 48.9 Å². The third kappa shape index (κ3) is 8.55. The Balaban J connectivity index is 0.00000408. The van der Waals surface area contributed by atoms with E-state index in [-0.39, 0.29) is 24.0 Å². The summed E-state index contributed by atoms with van der Waals surface area (Å²) in [5, 5.41) is 6.77. The normalized spacial score (nSPS) is 11.0. The highest BCUT2D eigenvalue weighted by Gasteiger charge is 2.07. The van der Waals surface area contributed by atoms with Gasteiger partial charge in [-0.2, -0.15) is 0 Å². The van der Waals surface area contributed by atoms with E-state index in [1.807, 2.05) is 38.4 Å². The number of nitrogens with one attached hydrogen (secondary N) is 2. The Morgan fingerprint density at radius 3 is 2.32 bits per heavy atom. The molecule has 0 aliphatic rings. The molecule has 1 aromatic heterocycles. The number of hydrogen-bond donors (Lipinski definition) is 2. The lowest BCUT2D eigenvalue weighted by Gasteiger charge is -2.14. The molecule has 1 heterocycles. The van der Waals surface area contributed by atoms with Gasteiger partial charge >= 0.3 is 0 Å². The number of rotatable bonds is 12. The minimum Gasteiger partial charge on any atom is -0.490 e. The second kappa shape index (κ2) is 15.2. The Hall–Kier alpha value is -2.75. The van der Waals surface area contributed by atoms with Gasteiger partial charge in [0.05, 0.1) is 13.2 Å². The molecule has 0 bridgehead atoms. The number of halogens is 1. The molecule has 184 valence electrons. The smallest absolute Gasteiger partial charge is 0.191 e. The van der Waals surface area contributed by atoms with Crippen LogP contribution in [0.4, 0.5) is 0 Å². The number of nitrogens with zero attached hydrogens (tertiary/aromatic N) is 3. The van der Waals surface area contributed by atoms with Crippen LogP contribution in [0.1, 0.15) is 30.8 Å². The predicted molar refractivity (Wildman–Crippen MR) is 149 cm³/mol. The molecule has 2 N–H and O–H groups in total.